The number of carbonyl (C=O) groups is 1. The Morgan fingerprint density at radius 2 is 1.48 bits per heavy atom. The molecule has 1 aliphatic rings. The zero-order valence-electron chi connectivity index (χ0n) is 18.4. The lowest BCUT2D eigenvalue weighted by Gasteiger charge is -2.34. The highest BCUT2D eigenvalue weighted by Gasteiger charge is 2.23. The molecule has 170 valence electrons. The second-order valence-corrected chi connectivity index (χ2v) is 9.27. The van der Waals surface area contributed by atoms with E-state index < -0.39 is 4.92 Å². The topological polar surface area (TPSA) is 66.7 Å². The van der Waals surface area contributed by atoms with Crippen LogP contribution in [-0.2, 0) is 6.54 Å². The third-order valence-electron chi connectivity index (χ3n) is 5.81. The van der Waals surface area contributed by atoms with Gasteiger partial charge in [-0.15, -0.1) is 0 Å². The number of Topliss-reactive ketones (excluding diaryl/α,β-unsaturated/α-hetero) is 1. The average Bonchev–Trinajstić information content (AvgIpc) is 2.84. The van der Waals surface area contributed by atoms with Crippen LogP contribution in [0.25, 0.3) is 0 Å². The lowest BCUT2D eigenvalue weighted by atomic mass is 10.1. The van der Waals surface area contributed by atoms with Gasteiger partial charge in [-0.2, -0.15) is 0 Å². The maximum Gasteiger partial charge on any atom is 0.281 e. The summed E-state index contributed by atoms with van der Waals surface area (Å²) in [4.78, 5) is 30.5. The molecule has 0 amide bonds. The van der Waals surface area contributed by atoms with Crippen LogP contribution in [0.15, 0.2) is 88.7 Å². The molecule has 1 fully saturated rings. The Labute approximate surface area is 198 Å². The number of ketones is 1. The van der Waals surface area contributed by atoms with Crippen molar-refractivity contribution < 1.29 is 9.72 Å². The fourth-order valence-corrected chi connectivity index (χ4v) is 4.87. The molecule has 0 spiro atoms. The zero-order chi connectivity index (χ0) is 23.0. The van der Waals surface area contributed by atoms with Gasteiger partial charge in [0.1, 0.15) is 0 Å². The minimum absolute atomic E-state index is 0.117. The first-order valence-corrected chi connectivity index (χ1v) is 11.9. The van der Waals surface area contributed by atoms with Gasteiger partial charge in [0.2, 0.25) is 0 Å². The number of piperazine rings is 1. The molecule has 3 aromatic carbocycles. The molecular weight excluding hydrogens is 434 g/mol. The van der Waals surface area contributed by atoms with Gasteiger partial charge in [0.25, 0.3) is 5.69 Å². The Balaban J connectivity index is 1.31. The van der Waals surface area contributed by atoms with Crippen molar-refractivity contribution in [3.8, 4) is 0 Å². The second kappa shape index (κ2) is 11.2. The molecule has 6 nitrogen and oxygen atoms in total. The number of benzene rings is 3. The summed E-state index contributed by atoms with van der Waals surface area (Å²) < 4.78 is 0. The van der Waals surface area contributed by atoms with Crippen molar-refractivity contribution in [1.29, 1.82) is 0 Å². The van der Waals surface area contributed by atoms with Gasteiger partial charge < -0.3 is 4.90 Å². The van der Waals surface area contributed by atoms with Gasteiger partial charge in [0.15, 0.2) is 5.78 Å². The Morgan fingerprint density at radius 3 is 2.15 bits per heavy atom. The van der Waals surface area contributed by atoms with Crippen molar-refractivity contribution in [2.75, 3.05) is 32.7 Å². The van der Waals surface area contributed by atoms with Crippen molar-refractivity contribution in [1.82, 2.24) is 9.80 Å². The highest BCUT2D eigenvalue weighted by molar-refractivity contribution is 7.99. The summed E-state index contributed by atoms with van der Waals surface area (Å²) >= 11 is 1.45. The molecule has 33 heavy (non-hydrogen) atoms. The number of nitrogens with zero attached hydrogens (tertiary/aromatic N) is 3. The fraction of sp³-hybridized carbons (Fsp3) is 0.269. The first-order chi connectivity index (χ1) is 16.1. The van der Waals surface area contributed by atoms with Crippen LogP contribution >= 0.6 is 11.8 Å². The third-order valence-corrected chi connectivity index (χ3v) is 6.81. The number of nitro groups is 1. The first kappa shape index (κ1) is 23.2. The second-order valence-electron chi connectivity index (χ2n) is 8.13. The molecule has 0 aliphatic carbocycles. The first-order valence-electron chi connectivity index (χ1n) is 11.1. The van der Waals surface area contributed by atoms with Crippen LogP contribution in [0.4, 0.5) is 5.69 Å². The maximum absolute atomic E-state index is 12.8. The van der Waals surface area contributed by atoms with E-state index in [1.165, 1.54) is 23.4 Å². The standard InChI is InChI=1S/C26H27N3O3S/c30-26(13-14-27-15-17-28(18-16-27)20-21-7-3-1-4-8-21)24-12-11-23(19-25(24)29(31)32)33-22-9-5-2-6-10-22/h1-12,19H,13-18,20H2. The van der Waals surface area contributed by atoms with Gasteiger partial charge in [-0.3, -0.25) is 19.8 Å². The Hall–Kier alpha value is -3.00. The summed E-state index contributed by atoms with van der Waals surface area (Å²) in [6.45, 7) is 5.26. The molecular formula is C26H27N3O3S. The smallest absolute Gasteiger partial charge is 0.281 e. The molecule has 1 saturated heterocycles. The predicted octanol–water partition coefficient (Wildman–Crippen LogP) is 5.14. The number of nitro benzene ring substituents is 1. The third kappa shape index (κ3) is 6.51. The molecule has 0 atom stereocenters. The predicted molar refractivity (Wildman–Crippen MR) is 131 cm³/mol. The Bertz CT molecular complexity index is 1080. The summed E-state index contributed by atoms with van der Waals surface area (Å²) in [5.41, 5.74) is 1.39. The van der Waals surface area contributed by atoms with Crippen molar-refractivity contribution >= 4 is 23.2 Å². The van der Waals surface area contributed by atoms with Gasteiger partial charge in [0.05, 0.1) is 10.5 Å². The van der Waals surface area contributed by atoms with Gasteiger partial charge in [-0.05, 0) is 29.8 Å². The lowest BCUT2D eigenvalue weighted by molar-refractivity contribution is -0.385. The number of hydrogen-bond donors (Lipinski definition) is 0. The molecule has 0 N–H and O–H groups in total. The normalized spacial score (nSPS) is 14.8. The van der Waals surface area contributed by atoms with Crippen LogP contribution in [0, 0.1) is 10.1 Å². The molecule has 3 aromatic rings. The lowest BCUT2D eigenvalue weighted by Crippen LogP contribution is -2.46. The van der Waals surface area contributed by atoms with Gasteiger partial charge >= 0.3 is 0 Å². The van der Waals surface area contributed by atoms with Crippen LogP contribution < -0.4 is 0 Å². The quantitative estimate of drug-likeness (QED) is 0.250. The maximum atomic E-state index is 12.8. The van der Waals surface area contributed by atoms with Crippen LogP contribution in [0.5, 0.6) is 0 Å². The molecule has 4 rings (SSSR count). The average molecular weight is 462 g/mol. The summed E-state index contributed by atoms with van der Waals surface area (Å²) in [6, 6.07) is 25.0. The Morgan fingerprint density at radius 1 is 0.848 bits per heavy atom. The van der Waals surface area contributed by atoms with Crippen molar-refractivity contribution in [2.45, 2.75) is 22.8 Å². The minimum Gasteiger partial charge on any atom is -0.300 e. The van der Waals surface area contributed by atoms with Crippen LogP contribution in [0.1, 0.15) is 22.3 Å². The fourth-order valence-electron chi connectivity index (χ4n) is 3.99. The van der Waals surface area contributed by atoms with Crippen molar-refractivity contribution in [3.63, 3.8) is 0 Å². The highest BCUT2D eigenvalue weighted by Crippen LogP contribution is 2.32. The van der Waals surface area contributed by atoms with Gasteiger partial charge in [-0.1, -0.05) is 60.3 Å². The van der Waals surface area contributed by atoms with Gasteiger partial charge in [-0.25, -0.2) is 0 Å². The van der Waals surface area contributed by atoms with E-state index in [1.54, 1.807) is 12.1 Å². The molecule has 1 aliphatic heterocycles. The molecule has 0 radical (unpaired) electrons. The van der Waals surface area contributed by atoms with Crippen molar-refractivity contribution in [2.24, 2.45) is 0 Å². The minimum atomic E-state index is -0.454. The SMILES string of the molecule is O=C(CCN1CCN(Cc2ccccc2)CC1)c1ccc(Sc2ccccc2)cc1[N+](=O)[O-]. The molecule has 7 heteroatoms. The summed E-state index contributed by atoms with van der Waals surface area (Å²) in [5.74, 6) is -0.176. The van der Waals surface area contributed by atoms with Crippen molar-refractivity contribution in [3.05, 3.63) is 100 Å². The monoisotopic (exact) mass is 461 g/mol. The summed E-state index contributed by atoms with van der Waals surface area (Å²) in [5, 5.41) is 11.7. The summed E-state index contributed by atoms with van der Waals surface area (Å²) in [7, 11) is 0. The van der Waals surface area contributed by atoms with E-state index in [1.807, 2.05) is 36.4 Å². The van der Waals surface area contributed by atoms with Crippen LogP contribution in [0.3, 0.4) is 0 Å². The van der Waals surface area contributed by atoms with E-state index in [4.69, 9.17) is 0 Å². The zero-order valence-corrected chi connectivity index (χ0v) is 19.2. The molecule has 0 unspecified atom stereocenters. The number of hydrogen-bond acceptors (Lipinski definition) is 6. The van der Waals surface area contributed by atoms with E-state index in [0.717, 1.165) is 42.5 Å². The van der Waals surface area contributed by atoms with Crippen LogP contribution in [-0.4, -0.2) is 53.2 Å². The van der Waals surface area contributed by atoms with Crippen LogP contribution in [0.2, 0.25) is 0 Å². The highest BCUT2D eigenvalue weighted by atomic mass is 32.2. The largest absolute Gasteiger partial charge is 0.300 e. The molecule has 0 saturated carbocycles. The summed E-state index contributed by atoms with van der Waals surface area (Å²) in [6.07, 6.45) is 0.282. The van der Waals surface area contributed by atoms with E-state index in [2.05, 4.69) is 34.1 Å². The molecule has 0 bridgehead atoms. The van der Waals surface area contributed by atoms with Gasteiger partial charge in [0, 0.05) is 61.5 Å². The number of rotatable bonds is 9. The molecule has 0 aromatic heterocycles. The van der Waals surface area contributed by atoms with E-state index >= 15 is 0 Å². The number of carbonyl (C=O) groups excluding carboxylic acids is 1. The van der Waals surface area contributed by atoms with E-state index in [0.29, 0.717) is 6.54 Å². The van der Waals surface area contributed by atoms with E-state index in [9.17, 15) is 14.9 Å². The Kier molecular flexibility index (Phi) is 7.88. The van der Waals surface area contributed by atoms with E-state index in [-0.39, 0.29) is 23.5 Å². The molecule has 1 heterocycles.